The number of carboxylic acid groups (broad SMARTS) is 2. The fourth-order valence-electron chi connectivity index (χ4n) is 2.08. The van der Waals surface area contributed by atoms with Crippen molar-refractivity contribution in [3.8, 4) is 0 Å². The van der Waals surface area contributed by atoms with Gasteiger partial charge in [-0.05, 0) is 37.3 Å². The first-order chi connectivity index (χ1) is 15.5. The van der Waals surface area contributed by atoms with E-state index in [4.69, 9.17) is 10.2 Å². The normalized spacial score (nSPS) is 9.88. The van der Waals surface area contributed by atoms with Gasteiger partial charge in [-0.1, -0.05) is 0 Å². The highest BCUT2D eigenvalue weighted by atomic mass is 19.1. The fraction of sp³-hybridized carbons (Fsp3) is 0.100. The van der Waals surface area contributed by atoms with Crippen molar-refractivity contribution >= 4 is 40.9 Å². The molecule has 0 radical (unpaired) electrons. The highest BCUT2D eigenvalue weighted by Gasteiger charge is 2.13. The van der Waals surface area contributed by atoms with Crippen LogP contribution in [0, 0.1) is 15.9 Å². The van der Waals surface area contributed by atoms with E-state index in [0.29, 0.717) is 6.54 Å². The van der Waals surface area contributed by atoms with E-state index in [9.17, 15) is 33.7 Å². The molecule has 33 heavy (non-hydrogen) atoms. The number of amides is 3. The average molecular weight is 462 g/mol. The van der Waals surface area contributed by atoms with Crippen molar-refractivity contribution in [3.05, 3.63) is 76.1 Å². The molecule has 0 fully saturated rings. The third kappa shape index (κ3) is 9.69. The van der Waals surface area contributed by atoms with Crippen LogP contribution in [0.2, 0.25) is 0 Å². The van der Waals surface area contributed by atoms with Gasteiger partial charge in [0, 0.05) is 36.5 Å². The summed E-state index contributed by atoms with van der Waals surface area (Å²) in [6, 6.07) is 7.19. The van der Waals surface area contributed by atoms with Crippen LogP contribution in [0.1, 0.15) is 17.3 Å². The van der Waals surface area contributed by atoms with Gasteiger partial charge in [0.25, 0.3) is 5.69 Å². The first-order valence-corrected chi connectivity index (χ1v) is 9.07. The Balaban J connectivity index is 0.000000461. The molecule has 0 spiro atoms. The molecule has 0 bridgehead atoms. The Bertz CT molecular complexity index is 1070. The number of nitrogens with zero attached hydrogens (tertiary/aromatic N) is 1. The number of benzene rings is 2. The number of aliphatic carboxylic acids is 1. The quantitative estimate of drug-likeness (QED) is 0.236. The highest BCUT2D eigenvalue weighted by molar-refractivity contribution is 6.00. The summed E-state index contributed by atoms with van der Waals surface area (Å²) in [4.78, 5) is 52.7. The maximum absolute atomic E-state index is 13.5. The molecule has 0 saturated heterocycles. The third-order valence-corrected chi connectivity index (χ3v) is 3.53. The predicted octanol–water partition coefficient (Wildman–Crippen LogP) is 2.84. The minimum absolute atomic E-state index is 0.0423. The van der Waals surface area contributed by atoms with Gasteiger partial charge in [-0.25, -0.2) is 18.8 Å². The van der Waals surface area contributed by atoms with Gasteiger partial charge >= 0.3 is 18.0 Å². The molecule has 2 aromatic rings. The smallest absolute Gasteiger partial charge is 0.335 e. The van der Waals surface area contributed by atoms with Crippen molar-refractivity contribution in [2.24, 2.45) is 0 Å². The van der Waals surface area contributed by atoms with Crippen LogP contribution in [0.3, 0.4) is 0 Å². The van der Waals surface area contributed by atoms with Crippen LogP contribution in [0.5, 0.6) is 0 Å². The van der Waals surface area contributed by atoms with E-state index in [1.807, 2.05) is 0 Å². The Morgan fingerprint density at radius 1 is 1.03 bits per heavy atom. The summed E-state index contributed by atoms with van der Waals surface area (Å²) >= 11 is 0. The first-order valence-electron chi connectivity index (χ1n) is 9.07. The monoisotopic (exact) mass is 462 g/mol. The van der Waals surface area contributed by atoms with E-state index in [2.05, 4.69) is 16.0 Å². The molecule has 13 heteroatoms. The number of urea groups is 1. The Morgan fingerprint density at radius 2 is 1.67 bits per heavy atom. The van der Waals surface area contributed by atoms with Crippen LogP contribution in [0.25, 0.3) is 0 Å². The number of carbonyl (C=O) groups excluding carboxylic acids is 2. The number of rotatable bonds is 7. The van der Waals surface area contributed by atoms with E-state index in [1.54, 1.807) is 6.92 Å². The van der Waals surface area contributed by atoms with Crippen LogP contribution in [0.15, 0.2) is 54.6 Å². The van der Waals surface area contributed by atoms with Gasteiger partial charge in [-0.15, -0.1) is 0 Å². The van der Waals surface area contributed by atoms with Crippen molar-refractivity contribution in [2.45, 2.75) is 6.92 Å². The van der Waals surface area contributed by atoms with Crippen LogP contribution >= 0.6 is 0 Å². The molecule has 2 aromatic carbocycles. The molecule has 0 aliphatic carbocycles. The van der Waals surface area contributed by atoms with Crippen molar-refractivity contribution in [2.75, 3.05) is 17.2 Å². The maximum atomic E-state index is 13.5. The van der Waals surface area contributed by atoms with Gasteiger partial charge in [0.05, 0.1) is 16.2 Å². The van der Waals surface area contributed by atoms with Crippen molar-refractivity contribution in [1.82, 2.24) is 5.32 Å². The van der Waals surface area contributed by atoms with Gasteiger partial charge in [0.2, 0.25) is 5.91 Å². The number of non-ortho nitro benzene ring substituents is 1. The average Bonchev–Trinajstić information content (AvgIpc) is 2.74. The topological polar surface area (TPSA) is 188 Å². The van der Waals surface area contributed by atoms with Crippen molar-refractivity contribution in [1.29, 1.82) is 0 Å². The lowest BCUT2D eigenvalue weighted by molar-refractivity contribution is -0.384. The number of halogens is 1. The minimum Gasteiger partial charge on any atom is -0.478 e. The van der Waals surface area contributed by atoms with E-state index < -0.39 is 28.7 Å². The molecule has 0 aromatic heterocycles. The van der Waals surface area contributed by atoms with Crippen molar-refractivity contribution in [3.63, 3.8) is 0 Å². The molecular weight excluding hydrogens is 443 g/mol. The van der Waals surface area contributed by atoms with Crippen molar-refractivity contribution < 1.29 is 38.7 Å². The molecule has 174 valence electrons. The molecule has 0 aliphatic rings. The summed E-state index contributed by atoms with van der Waals surface area (Å²) in [6.07, 6.45) is 1.77. The summed E-state index contributed by atoms with van der Waals surface area (Å²) < 4.78 is 13.5. The molecule has 2 rings (SSSR count). The number of anilines is 2. The molecule has 0 unspecified atom stereocenters. The molecule has 0 atom stereocenters. The maximum Gasteiger partial charge on any atom is 0.335 e. The zero-order valence-corrected chi connectivity index (χ0v) is 17.1. The molecule has 0 saturated carbocycles. The molecule has 3 amide bonds. The van der Waals surface area contributed by atoms with Gasteiger partial charge in [-0.2, -0.15) is 0 Å². The molecule has 12 nitrogen and oxygen atoms in total. The van der Waals surface area contributed by atoms with Crippen LogP contribution in [-0.4, -0.2) is 45.6 Å². The number of likely N-dealkylation sites (N-methyl/N-ethyl adjacent to an activating group) is 1. The molecule has 0 heterocycles. The number of carbonyl (C=O) groups is 4. The van der Waals surface area contributed by atoms with Crippen LogP contribution < -0.4 is 16.0 Å². The summed E-state index contributed by atoms with van der Waals surface area (Å²) in [5, 5.41) is 34.4. The first kappa shape index (κ1) is 26.2. The lowest BCUT2D eigenvalue weighted by atomic mass is 10.2. The summed E-state index contributed by atoms with van der Waals surface area (Å²) in [7, 11) is 0. The number of nitro benzene ring substituents is 1. The zero-order chi connectivity index (χ0) is 25.0. The number of hydrogen-bond donors (Lipinski definition) is 5. The Kier molecular flexibility index (Phi) is 10.2. The second-order valence-corrected chi connectivity index (χ2v) is 5.95. The highest BCUT2D eigenvalue weighted by Crippen LogP contribution is 2.21. The van der Waals surface area contributed by atoms with Gasteiger partial charge in [-0.3, -0.25) is 14.9 Å². The second kappa shape index (κ2) is 12.8. The van der Waals surface area contributed by atoms with Gasteiger partial charge < -0.3 is 26.2 Å². The Labute approximate surface area is 185 Å². The van der Waals surface area contributed by atoms with Gasteiger partial charge in [0.1, 0.15) is 5.82 Å². The number of aromatic carboxylic acids is 1. The lowest BCUT2D eigenvalue weighted by Crippen LogP contribution is -2.20. The molecule has 5 N–H and O–H groups in total. The van der Waals surface area contributed by atoms with E-state index in [1.165, 1.54) is 24.3 Å². The van der Waals surface area contributed by atoms with Gasteiger partial charge in [0.15, 0.2) is 0 Å². The fourth-order valence-corrected chi connectivity index (χ4v) is 2.08. The standard InChI is InChI=1S/C14H10FN3O5.C6H9NO3/c15-11-6-5-10(18(22)23)7-12(11)17-14(21)16-9-3-1-8(2-4-9)13(19)20;1-2-7-5(8)3-4-6(9)10/h1-7H,(H,19,20)(H2,16,17,21);3-4H,2H2,1H3,(H,7,8)(H,9,10). The SMILES string of the molecule is CCNC(=O)C=CC(=O)O.O=C(Nc1ccc(C(=O)O)cc1)Nc1cc([N+](=O)[O-])ccc1F. The Morgan fingerprint density at radius 3 is 2.18 bits per heavy atom. The van der Waals surface area contributed by atoms with E-state index >= 15 is 0 Å². The van der Waals surface area contributed by atoms with E-state index in [0.717, 1.165) is 30.4 Å². The minimum atomic E-state index is -1.12. The van der Waals surface area contributed by atoms with Crippen LogP contribution in [0.4, 0.5) is 26.2 Å². The molecular formula is C20H19FN4O8. The second-order valence-electron chi connectivity index (χ2n) is 5.95. The summed E-state index contributed by atoms with van der Waals surface area (Å²) in [6.45, 7) is 2.26. The third-order valence-electron chi connectivity index (χ3n) is 3.53. The van der Waals surface area contributed by atoms with Crippen LogP contribution in [-0.2, 0) is 9.59 Å². The molecule has 0 aliphatic heterocycles. The lowest BCUT2D eigenvalue weighted by Gasteiger charge is -2.08. The van der Waals surface area contributed by atoms with E-state index in [-0.39, 0.29) is 28.5 Å². The number of nitrogens with one attached hydrogen (secondary N) is 3. The number of nitro groups is 1. The number of hydrogen-bond acceptors (Lipinski definition) is 6. The largest absolute Gasteiger partial charge is 0.478 e. The summed E-state index contributed by atoms with van der Waals surface area (Å²) in [5.41, 5.74) is -0.398. The zero-order valence-electron chi connectivity index (χ0n) is 17.1. The predicted molar refractivity (Wildman–Crippen MR) is 115 cm³/mol. The number of carboxylic acids is 2. The summed E-state index contributed by atoms with van der Waals surface area (Å²) in [5.74, 6) is -3.44. The Hall–Kier alpha value is -4.81.